The van der Waals surface area contributed by atoms with Crippen LogP contribution in [0.25, 0.3) is 17.1 Å². The van der Waals surface area contributed by atoms with Crippen LogP contribution in [0.15, 0.2) is 89.4 Å². The minimum atomic E-state index is -0.219. The third kappa shape index (κ3) is 5.09. The standard InChI is InChI=1S/C24H22N6OS/c1-17-8-10-21(11-9-17)30-23(20-6-4-3-5-7-20)28-29-24(30)32-16-22(31)27-26-18(2)19-12-14-25-15-13-19/h3-15H,16H2,1-2H3,(H,27,31). The molecule has 0 fully saturated rings. The number of carbonyl (C=O) groups excluding carboxylic acids is 1. The van der Waals surface area contributed by atoms with Crippen molar-refractivity contribution in [2.24, 2.45) is 5.10 Å². The molecule has 0 aliphatic rings. The zero-order valence-electron chi connectivity index (χ0n) is 17.8. The van der Waals surface area contributed by atoms with Crippen LogP contribution in [-0.4, -0.2) is 37.1 Å². The maximum absolute atomic E-state index is 12.4. The SMILES string of the molecule is CC(=NNC(=O)CSc1nnc(-c2ccccc2)n1-c1ccc(C)cc1)c1ccncc1. The fourth-order valence-electron chi connectivity index (χ4n) is 3.03. The highest BCUT2D eigenvalue weighted by molar-refractivity contribution is 7.99. The van der Waals surface area contributed by atoms with Gasteiger partial charge in [0.05, 0.1) is 11.5 Å². The summed E-state index contributed by atoms with van der Waals surface area (Å²) in [6, 6.07) is 21.7. The molecule has 1 amide bonds. The Bertz CT molecular complexity index is 1220. The molecule has 4 rings (SSSR count). The fraction of sp³-hybridized carbons (Fsp3) is 0.125. The maximum atomic E-state index is 12.4. The molecular weight excluding hydrogens is 420 g/mol. The van der Waals surface area contributed by atoms with Gasteiger partial charge in [-0.2, -0.15) is 5.10 Å². The highest BCUT2D eigenvalue weighted by atomic mass is 32.2. The van der Waals surface area contributed by atoms with E-state index in [1.807, 2.05) is 85.1 Å². The van der Waals surface area contributed by atoms with Crippen LogP contribution in [0.1, 0.15) is 18.1 Å². The van der Waals surface area contributed by atoms with Crippen molar-refractivity contribution in [3.8, 4) is 17.1 Å². The van der Waals surface area contributed by atoms with Crippen molar-refractivity contribution in [3.63, 3.8) is 0 Å². The number of hydrogen-bond acceptors (Lipinski definition) is 6. The Balaban J connectivity index is 1.53. The normalized spacial score (nSPS) is 11.4. The number of carbonyl (C=O) groups is 1. The summed E-state index contributed by atoms with van der Waals surface area (Å²) in [5.41, 5.74) is 7.28. The number of pyridine rings is 1. The summed E-state index contributed by atoms with van der Waals surface area (Å²) >= 11 is 1.32. The molecule has 0 aliphatic carbocycles. The molecule has 4 aromatic rings. The van der Waals surface area contributed by atoms with E-state index in [-0.39, 0.29) is 11.7 Å². The van der Waals surface area contributed by atoms with Crippen molar-refractivity contribution in [1.29, 1.82) is 0 Å². The van der Waals surface area contributed by atoms with Crippen LogP contribution in [0.3, 0.4) is 0 Å². The summed E-state index contributed by atoms with van der Waals surface area (Å²) < 4.78 is 1.97. The molecule has 0 bridgehead atoms. The number of hydrogen-bond donors (Lipinski definition) is 1. The minimum Gasteiger partial charge on any atom is -0.272 e. The number of aryl methyl sites for hydroxylation is 1. The number of thioether (sulfide) groups is 1. The lowest BCUT2D eigenvalue weighted by Crippen LogP contribution is -2.21. The zero-order chi connectivity index (χ0) is 22.3. The lowest BCUT2D eigenvalue weighted by Gasteiger charge is -2.10. The number of nitrogens with one attached hydrogen (secondary N) is 1. The van der Waals surface area contributed by atoms with E-state index in [1.165, 1.54) is 17.3 Å². The Morgan fingerprint density at radius 1 is 1.00 bits per heavy atom. The molecule has 2 aromatic heterocycles. The van der Waals surface area contributed by atoms with Crippen LogP contribution >= 0.6 is 11.8 Å². The van der Waals surface area contributed by atoms with Crippen molar-refractivity contribution < 1.29 is 4.79 Å². The van der Waals surface area contributed by atoms with Crippen molar-refractivity contribution in [1.82, 2.24) is 25.2 Å². The lowest BCUT2D eigenvalue weighted by atomic mass is 10.2. The van der Waals surface area contributed by atoms with Gasteiger partial charge in [0.15, 0.2) is 11.0 Å². The summed E-state index contributed by atoms with van der Waals surface area (Å²) in [5.74, 6) is 0.665. The molecule has 7 nitrogen and oxygen atoms in total. The van der Waals surface area contributed by atoms with Gasteiger partial charge in [-0.3, -0.25) is 14.3 Å². The van der Waals surface area contributed by atoms with Gasteiger partial charge in [-0.15, -0.1) is 10.2 Å². The van der Waals surface area contributed by atoms with Gasteiger partial charge in [0.1, 0.15) is 0 Å². The molecule has 0 unspecified atom stereocenters. The Hall–Kier alpha value is -3.78. The van der Waals surface area contributed by atoms with E-state index in [0.29, 0.717) is 10.9 Å². The highest BCUT2D eigenvalue weighted by Crippen LogP contribution is 2.28. The molecule has 2 aromatic carbocycles. The van der Waals surface area contributed by atoms with Gasteiger partial charge in [-0.1, -0.05) is 59.8 Å². The van der Waals surface area contributed by atoms with E-state index in [0.717, 1.165) is 22.6 Å². The molecule has 32 heavy (non-hydrogen) atoms. The van der Waals surface area contributed by atoms with Gasteiger partial charge in [0.2, 0.25) is 0 Å². The second-order valence-electron chi connectivity index (χ2n) is 7.10. The maximum Gasteiger partial charge on any atom is 0.250 e. The van der Waals surface area contributed by atoms with E-state index in [2.05, 4.69) is 25.7 Å². The van der Waals surface area contributed by atoms with Crippen molar-refractivity contribution in [3.05, 3.63) is 90.3 Å². The van der Waals surface area contributed by atoms with Gasteiger partial charge in [0, 0.05) is 29.2 Å². The summed E-state index contributed by atoms with van der Waals surface area (Å²) in [5, 5.41) is 13.6. The highest BCUT2D eigenvalue weighted by Gasteiger charge is 2.17. The average molecular weight is 443 g/mol. The molecular formula is C24H22N6OS. The van der Waals surface area contributed by atoms with Gasteiger partial charge in [-0.05, 0) is 38.1 Å². The first-order valence-electron chi connectivity index (χ1n) is 10.1. The van der Waals surface area contributed by atoms with E-state index in [1.54, 1.807) is 12.4 Å². The van der Waals surface area contributed by atoms with Crippen LogP contribution in [-0.2, 0) is 4.79 Å². The number of hydrazone groups is 1. The smallest absolute Gasteiger partial charge is 0.250 e. The molecule has 0 atom stereocenters. The van der Waals surface area contributed by atoms with Crippen molar-refractivity contribution in [2.75, 3.05) is 5.75 Å². The molecule has 0 radical (unpaired) electrons. The number of nitrogens with zero attached hydrogens (tertiary/aromatic N) is 5. The predicted octanol–water partition coefficient (Wildman–Crippen LogP) is 4.27. The topological polar surface area (TPSA) is 85.1 Å². The van der Waals surface area contributed by atoms with E-state index in [4.69, 9.17) is 0 Å². The second-order valence-corrected chi connectivity index (χ2v) is 8.04. The second kappa shape index (κ2) is 10.0. The Labute approximate surface area is 190 Å². The van der Waals surface area contributed by atoms with Crippen molar-refractivity contribution >= 4 is 23.4 Å². The van der Waals surface area contributed by atoms with Crippen molar-refractivity contribution in [2.45, 2.75) is 19.0 Å². The first kappa shape index (κ1) is 21.5. The Kier molecular flexibility index (Phi) is 6.72. The van der Waals surface area contributed by atoms with Crippen LogP contribution in [0.4, 0.5) is 0 Å². The Morgan fingerprint density at radius 3 is 2.44 bits per heavy atom. The summed E-state index contributed by atoms with van der Waals surface area (Å²) in [6.45, 7) is 3.88. The summed E-state index contributed by atoms with van der Waals surface area (Å²) in [7, 11) is 0. The van der Waals surface area contributed by atoms with E-state index < -0.39 is 0 Å². The molecule has 0 saturated heterocycles. The lowest BCUT2D eigenvalue weighted by molar-refractivity contribution is -0.118. The third-order valence-electron chi connectivity index (χ3n) is 4.74. The van der Waals surface area contributed by atoms with Crippen LogP contribution < -0.4 is 5.43 Å². The first-order valence-corrected chi connectivity index (χ1v) is 11.0. The van der Waals surface area contributed by atoms with E-state index in [9.17, 15) is 4.79 Å². The van der Waals surface area contributed by atoms with Crippen LogP contribution in [0, 0.1) is 6.92 Å². The molecule has 160 valence electrons. The van der Waals surface area contributed by atoms with Crippen LogP contribution in [0.2, 0.25) is 0 Å². The monoisotopic (exact) mass is 442 g/mol. The number of rotatable bonds is 7. The molecule has 0 aliphatic heterocycles. The molecule has 8 heteroatoms. The number of aromatic nitrogens is 4. The zero-order valence-corrected chi connectivity index (χ0v) is 18.6. The van der Waals surface area contributed by atoms with Crippen LogP contribution in [0.5, 0.6) is 0 Å². The molecule has 0 saturated carbocycles. The summed E-state index contributed by atoms with van der Waals surface area (Å²) in [4.78, 5) is 16.4. The average Bonchev–Trinajstić information content (AvgIpc) is 3.27. The van der Waals surface area contributed by atoms with Gasteiger partial charge in [-0.25, -0.2) is 5.43 Å². The molecule has 1 N–H and O–H groups in total. The quantitative estimate of drug-likeness (QED) is 0.262. The van der Waals surface area contributed by atoms with E-state index >= 15 is 0 Å². The molecule has 2 heterocycles. The third-order valence-corrected chi connectivity index (χ3v) is 5.67. The number of benzene rings is 2. The summed E-state index contributed by atoms with van der Waals surface area (Å²) in [6.07, 6.45) is 3.38. The first-order chi connectivity index (χ1) is 15.6. The molecule has 0 spiro atoms. The van der Waals surface area contributed by atoms with Gasteiger partial charge >= 0.3 is 0 Å². The van der Waals surface area contributed by atoms with Gasteiger partial charge < -0.3 is 0 Å². The largest absolute Gasteiger partial charge is 0.272 e. The predicted molar refractivity (Wildman–Crippen MR) is 127 cm³/mol. The fourth-order valence-corrected chi connectivity index (χ4v) is 3.77. The Morgan fingerprint density at radius 2 is 1.72 bits per heavy atom. The minimum absolute atomic E-state index is 0.159. The van der Waals surface area contributed by atoms with Gasteiger partial charge in [0.25, 0.3) is 5.91 Å². The number of amides is 1.